The fourth-order valence-corrected chi connectivity index (χ4v) is 1.94. The Bertz CT molecular complexity index is 177. The Morgan fingerprint density at radius 2 is 1.93 bits per heavy atom. The number of carbonyl (C=O) groups excluding carboxylic acids is 1. The fourth-order valence-electron chi connectivity index (χ4n) is 1.94. The van der Waals surface area contributed by atoms with Gasteiger partial charge >= 0.3 is 0 Å². The molecule has 0 spiro atoms. The molecule has 0 aliphatic heterocycles. The maximum atomic E-state index is 11.4. The van der Waals surface area contributed by atoms with Gasteiger partial charge in [-0.2, -0.15) is 0 Å². The van der Waals surface area contributed by atoms with E-state index in [9.17, 15) is 4.79 Å². The van der Waals surface area contributed by atoms with Crippen LogP contribution >= 0.6 is 0 Å². The molecule has 1 fully saturated rings. The van der Waals surface area contributed by atoms with Crippen LogP contribution in [0.2, 0.25) is 0 Å². The van der Waals surface area contributed by atoms with Gasteiger partial charge in [0.2, 0.25) is 5.91 Å². The summed E-state index contributed by atoms with van der Waals surface area (Å²) in [6.45, 7) is 1.07. The Labute approximate surface area is 91.5 Å². The van der Waals surface area contributed by atoms with Crippen molar-refractivity contribution < 1.29 is 9.53 Å². The molecule has 15 heavy (non-hydrogen) atoms. The smallest absolute Gasteiger partial charge is 0.246 e. The van der Waals surface area contributed by atoms with Crippen LogP contribution in [0, 0.1) is 0 Å². The first-order valence-electron chi connectivity index (χ1n) is 5.90. The largest absolute Gasteiger partial charge is 0.370 e. The molecule has 3 N–H and O–H groups in total. The summed E-state index contributed by atoms with van der Waals surface area (Å²) in [5.74, 6) is -0.00431. The molecule has 0 aromatic rings. The first-order valence-corrected chi connectivity index (χ1v) is 5.90. The number of nitrogens with one attached hydrogen (secondary N) is 1. The molecule has 4 heteroatoms. The van der Waals surface area contributed by atoms with E-state index < -0.39 is 0 Å². The fraction of sp³-hybridized carbons (Fsp3) is 0.909. The number of carbonyl (C=O) groups is 1. The summed E-state index contributed by atoms with van der Waals surface area (Å²) in [7, 11) is 0. The van der Waals surface area contributed by atoms with Crippen molar-refractivity contribution in [2.45, 2.75) is 44.6 Å². The van der Waals surface area contributed by atoms with Crippen LogP contribution in [0.15, 0.2) is 0 Å². The highest BCUT2D eigenvalue weighted by atomic mass is 16.5. The predicted octanol–water partition coefficient (Wildman–Crippen LogP) is 0.801. The summed E-state index contributed by atoms with van der Waals surface area (Å²) in [5, 5.41) is 3.01. The summed E-state index contributed by atoms with van der Waals surface area (Å²) >= 11 is 0. The minimum absolute atomic E-state index is 0.00431. The van der Waals surface area contributed by atoms with Gasteiger partial charge in [-0.3, -0.25) is 4.79 Å². The molecule has 1 aliphatic rings. The molecule has 1 aliphatic carbocycles. The normalized spacial score (nSPS) is 18.5. The molecule has 1 amide bonds. The number of amides is 1. The third-order valence-corrected chi connectivity index (χ3v) is 2.72. The highest BCUT2D eigenvalue weighted by molar-refractivity contribution is 5.77. The molecule has 0 heterocycles. The van der Waals surface area contributed by atoms with Gasteiger partial charge < -0.3 is 15.8 Å². The molecule has 1 rings (SSSR count). The Morgan fingerprint density at radius 3 is 2.53 bits per heavy atom. The summed E-state index contributed by atoms with van der Waals surface area (Å²) in [6, 6.07) is 0.362. The average Bonchev–Trinajstić information content (AvgIpc) is 2.47. The van der Waals surface area contributed by atoms with Crippen LogP contribution in [0.25, 0.3) is 0 Å². The van der Waals surface area contributed by atoms with Crippen molar-refractivity contribution in [3.63, 3.8) is 0 Å². The molecular weight excluding hydrogens is 192 g/mol. The molecule has 88 valence electrons. The molecule has 0 saturated heterocycles. The van der Waals surface area contributed by atoms with E-state index in [1.807, 2.05) is 0 Å². The SMILES string of the molecule is NCCOCC(=O)NC1CCCCCC1. The van der Waals surface area contributed by atoms with Crippen molar-refractivity contribution in [3.8, 4) is 0 Å². The van der Waals surface area contributed by atoms with E-state index in [-0.39, 0.29) is 12.5 Å². The maximum Gasteiger partial charge on any atom is 0.246 e. The van der Waals surface area contributed by atoms with E-state index in [4.69, 9.17) is 10.5 Å². The van der Waals surface area contributed by atoms with Gasteiger partial charge in [0.15, 0.2) is 0 Å². The molecule has 1 saturated carbocycles. The van der Waals surface area contributed by atoms with Crippen LogP contribution in [0.5, 0.6) is 0 Å². The highest BCUT2D eigenvalue weighted by Crippen LogP contribution is 2.16. The molecule has 0 aromatic heterocycles. The first kappa shape index (κ1) is 12.5. The van der Waals surface area contributed by atoms with E-state index in [0.717, 1.165) is 12.8 Å². The second kappa shape index (κ2) is 7.65. The van der Waals surface area contributed by atoms with Crippen LogP contribution < -0.4 is 11.1 Å². The number of hydrogen-bond donors (Lipinski definition) is 2. The Kier molecular flexibility index (Phi) is 6.36. The Hall–Kier alpha value is -0.610. The Balaban J connectivity index is 2.12. The Morgan fingerprint density at radius 1 is 1.27 bits per heavy atom. The first-order chi connectivity index (χ1) is 7.33. The van der Waals surface area contributed by atoms with Gasteiger partial charge in [0.1, 0.15) is 6.61 Å². The van der Waals surface area contributed by atoms with Crippen LogP contribution in [-0.2, 0) is 9.53 Å². The lowest BCUT2D eigenvalue weighted by Gasteiger charge is -2.15. The van der Waals surface area contributed by atoms with Crippen LogP contribution in [0.1, 0.15) is 38.5 Å². The summed E-state index contributed by atoms with van der Waals surface area (Å²) in [6.07, 6.45) is 7.29. The molecule has 0 atom stereocenters. The second-order valence-corrected chi connectivity index (χ2v) is 4.10. The quantitative estimate of drug-likeness (QED) is 0.525. The van der Waals surface area contributed by atoms with E-state index >= 15 is 0 Å². The van der Waals surface area contributed by atoms with Gasteiger partial charge in [-0.15, -0.1) is 0 Å². The van der Waals surface area contributed by atoms with Crippen LogP contribution in [0.3, 0.4) is 0 Å². The lowest BCUT2D eigenvalue weighted by Crippen LogP contribution is -2.37. The van der Waals surface area contributed by atoms with Crippen LogP contribution in [0.4, 0.5) is 0 Å². The second-order valence-electron chi connectivity index (χ2n) is 4.10. The van der Waals surface area contributed by atoms with Crippen molar-refractivity contribution >= 4 is 5.91 Å². The van der Waals surface area contributed by atoms with Crippen molar-refractivity contribution in [3.05, 3.63) is 0 Å². The molecule has 0 aromatic carbocycles. The lowest BCUT2D eigenvalue weighted by atomic mass is 10.1. The van der Waals surface area contributed by atoms with E-state index in [2.05, 4.69) is 5.32 Å². The lowest BCUT2D eigenvalue weighted by molar-refractivity contribution is -0.126. The topological polar surface area (TPSA) is 64.3 Å². The molecule has 4 nitrogen and oxygen atoms in total. The minimum Gasteiger partial charge on any atom is -0.370 e. The molecule has 0 unspecified atom stereocenters. The van der Waals surface area contributed by atoms with Gasteiger partial charge in [-0.25, -0.2) is 0 Å². The average molecular weight is 214 g/mol. The maximum absolute atomic E-state index is 11.4. The molecule has 0 bridgehead atoms. The zero-order valence-corrected chi connectivity index (χ0v) is 9.34. The van der Waals surface area contributed by atoms with Crippen molar-refractivity contribution in [1.29, 1.82) is 0 Å². The van der Waals surface area contributed by atoms with Crippen molar-refractivity contribution in [2.24, 2.45) is 5.73 Å². The zero-order chi connectivity index (χ0) is 10.9. The minimum atomic E-state index is -0.00431. The number of rotatable bonds is 5. The van der Waals surface area contributed by atoms with Crippen molar-refractivity contribution in [2.75, 3.05) is 19.8 Å². The van der Waals surface area contributed by atoms with Crippen molar-refractivity contribution in [1.82, 2.24) is 5.32 Å². The third kappa shape index (κ3) is 5.74. The van der Waals surface area contributed by atoms with E-state index in [1.54, 1.807) is 0 Å². The summed E-state index contributed by atoms with van der Waals surface area (Å²) in [4.78, 5) is 11.4. The number of hydrogen-bond acceptors (Lipinski definition) is 3. The van der Waals surface area contributed by atoms with E-state index in [0.29, 0.717) is 19.2 Å². The highest BCUT2D eigenvalue weighted by Gasteiger charge is 2.14. The van der Waals surface area contributed by atoms with Gasteiger partial charge in [-0.1, -0.05) is 25.7 Å². The molecule has 0 radical (unpaired) electrons. The van der Waals surface area contributed by atoms with Gasteiger partial charge in [-0.05, 0) is 12.8 Å². The van der Waals surface area contributed by atoms with Crippen LogP contribution in [-0.4, -0.2) is 31.7 Å². The standard InChI is InChI=1S/C11H22N2O2/c12-7-8-15-9-11(14)13-10-5-3-1-2-4-6-10/h10H,1-9,12H2,(H,13,14). The predicted molar refractivity (Wildman–Crippen MR) is 59.5 cm³/mol. The summed E-state index contributed by atoms with van der Waals surface area (Å²) < 4.78 is 5.08. The zero-order valence-electron chi connectivity index (χ0n) is 9.34. The van der Waals surface area contributed by atoms with Gasteiger partial charge in [0.25, 0.3) is 0 Å². The monoisotopic (exact) mass is 214 g/mol. The number of nitrogens with two attached hydrogens (primary N) is 1. The van der Waals surface area contributed by atoms with E-state index in [1.165, 1.54) is 25.7 Å². The third-order valence-electron chi connectivity index (χ3n) is 2.72. The van der Waals surface area contributed by atoms with Gasteiger partial charge in [0, 0.05) is 12.6 Å². The van der Waals surface area contributed by atoms with Gasteiger partial charge in [0.05, 0.1) is 6.61 Å². The number of ether oxygens (including phenoxy) is 1. The molecular formula is C11H22N2O2. The summed E-state index contributed by atoms with van der Waals surface area (Å²) in [5.41, 5.74) is 5.26.